The molecule has 0 atom stereocenters. The Hall–Kier alpha value is -1.51. The molecule has 0 spiro atoms. The maximum absolute atomic E-state index is 11.6. The monoisotopic (exact) mass is 234 g/mol. The lowest BCUT2D eigenvalue weighted by Crippen LogP contribution is -2.11. The lowest BCUT2D eigenvalue weighted by molar-refractivity contribution is 0.101. The molecule has 1 aliphatic heterocycles. The van der Waals surface area contributed by atoms with Crippen molar-refractivity contribution in [2.45, 2.75) is 33.1 Å². The summed E-state index contributed by atoms with van der Waals surface area (Å²) in [6.07, 6.45) is 2.92. The summed E-state index contributed by atoms with van der Waals surface area (Å²) >= 11 is 0. The van der Waals surface area contributed by atoms with Crippen LogP contribution in [0.25, 0.3) is 0 Å². The van der Waals surface area contributed by atoms with E-state index in [2.05, 4.69) is 0 Å². The van der Waals surface area contributed by atoms with Crippen LogP contribution < -0.4 is 9.47 Å². The first-order valence-electron chi connectivity index (χ1n) is 6.16. The minimum absolute atomic E-state index is 0.0458. The van der Waals surface area contributed by atoms with Gasteiger partial charge in [0.1, 0.15) is 11.5 Å². The van der Waals surface area contributed by atoms with Gasteiger partial charge in [0.2, 0.25) is 0 Å². The molecule has 1 aliphatic rings. The molecule has 92 valence electrons. The topological polar surface area (TPSA) is 35.5 Å². The molecule has 0 saturated heterocycles. The third-order valence-corrected chi connectivity index (χ3v) is 2.85. The molecule has 0 amide bonds. The second kappa shape index (κ2) is 5.21. The van der Waals surface area contributed by atoms with Gasteiger partial charge in [0.15, 0.2) is 5.78 Å². The highest BCUT2D eigenvalue weighted by molar-refractivity contribution is 5.97. The molecule has 0 N–H and O–H groups in total. The lowest BCUT2D eigenvalue weighted by atomic mass is 10.0. The summed E-state index contributed by atoms with van der Waals surface area (Å²) in [5.41, 5.74) is 1.79. The molecule has 17 heavy (non-hydrogen) atoms. The third-order valence-electron chi connectivity index (χ3n) is 2.85. The summed E-state index contributed by atoms with van der Waals surface area (Å²) in [5.74, 6) is 1.57. The molecule has 3 nitrogen and oxygen atoms in total. The van der Waals surface area contributed by atoms with E-state index in [0.29, 0.717) is 17.9 Å². The van der Waals surface area contributed by atoms with Gasteiger partial charge < -0.3 is 9.47 Å². The second-order valence-corrected chi connectivity index (χ2v) is 4.31. The van der Waals surface area contributed by atoms with Crippen LogP contribution in [0.4, 0.5) is 0 Å². The molecule has 1 heterocycles. The molecule has 0 unspecified atom stereocenters. The van der Waals surface area contributed by atoms with E-state index in [0.717, 1.165) is 37.2 Å². The van der Waals surface area contributed by atoms with Crippen LogP contribution in [0.1, 0.15) is 42.6 Å². The number of hydrogen-bond donors (Lipinski definition) is 0. The van der Waals surface area contributed by atoms with Crippen LogP contribution in [0.3, 0.4) is 0 Å². The van der Waals surface area contributed by atoms with Crippen molar-refractivity contribution in [3.8, 4) is 11.5 Å². The SMILES string of the molecule is CCCOc1cc2c(cc1C(C)=O)CCCO2. The summed E-state index contributed by atoms with van der Waals surface area (Å²) in [7, 11) is 0. The summed E-state index contributed by atoms with van der Waals surface area (Å²) in [6, 6.07) is 3.78. The van der Waals surface area contributed by atoms with Gasteiger partial charge in [0, 0.05) is 6.07 Å². The summed E-state index contributed by atoms with van der Waals surface area (Å²) in [5, 5.41) is 0. The molecule has 0 fully saturated rings. The van der Waals surface area contributed by atoms with Crippen LogP contribution in [0.15, 0.2) is 12.1 Å². The van der Waals surface area contributed by atoms with Gasteiger partial charge in [-0.3, -0.25) is 4.79 Å². The molecular weight excluding hydrogens is 216 g/mol. The van der Waals surface area contributed by atoms with E-state index in [9.17, 15) is 4.79 Å². The van der Waals surface area contributed by atoms with E-state index in [1.165, 1.54) is 0 Å². The quantitative estimate of drug-likeness (QED) is 0.751. The summed E-state index contributed by atoms with van der Waals surface area (Å²) in [4.78, 5) is 11.6. The van der Waals surface area contributed by atoms with E-state index < -0.39 is 0 Å². The molecular formula is C14H18O3. The van der Waals surface area contributed by atoms with Gasteiger partial charge in [0.05, 0.1) is 18.8 Å². The Morgan fingerprint density at radius 1 is 1.47 bits per heavy atom. The number of hydrogen-bond acceptors (Lipinski definition) is 3. The average molecular weight is 234 g/mol. The van der Waals surface area contributed by atoms with E-state index in [1.807, 2.05) is 19.1 Å². The highest BCUT2D eigenvalue weighted by atomic mass is 16.5. The van der Waals surface area contributed by atoms with E-state index in [-0.39, 0.29) is 5.78 Å². The van der Waals surface area contributed by atoms with Crippen molar-refractivity contribution in [3.63, 3.8) is 0 Å². The molecule has 3 heteroatoms. The van der Waals surface area contributed by atoms with Gasteiger partial charge in [0.25, 0.3) is 0 Å². The largest absolute Gasteiger partial charge is 0.493 e. The minimum Gasteiger partial charge on any atom is -0.493 e. The summed E-state index contributed by atoms with van der Waals surface area (Å²) in [6.45, 7) is 4.99. The Balaban J connectivity index is 2.37. The van der Waals surface area contributed by atoms with Crippen LogP contribution in [-0.2, 0) is 6.42 Å². The first-order chi connectivity index (χ1) is 8.22. The number of ether oxygens (including phenoxy) is 2. The van der Waals surface area contributed by atoms with Crippen LogP contribution in [-0.4, -0.2) is 19.0 Å². The molecule has 0 aliphatic carbocycles. The number of aryl methyl sites for hydroxylation is 1. The van der Waals surface area contributed by atoms with Gasteiger partial charge in [-0.2, -0.15) is 0 Å². The van der Waals surface area contributed by atoms with Gasteiger partial charge in [-0.25, -0.2) is 0 Å². The minimum atomic E-state index is 0.0458. The van der Waals surface area contributed by atoms with Crippen molar-refractivity contribution in [2.24, 2.45) is 0 Å². The molecule has 0 aromatic heterocycles. The van der Waals surface area contributed by atoms with Crippen molar-refractivity contribution in [2.75, 3.05) is 13.2 Å². The zero-order valence-corrected chi connectivity index (χ0v) is 10.4. The zero-order chi connectivity index (χ0) is 12.3. The fourth-order valence-corrected chi connectivity index (χ4v) is 1.99. The predicted molar refractivity (Wildman–Crippen MR) is 66.0 cm³/mol. The number of carbonyl (C=O) groups excluding carboxylic acids is 1. The molecule has 2 rings (SSSR count). The first kappa shape index (κ1) is 12.0. The smallest absolute Gasteiger partial charge is 0.163 e. The van der Waals surface area contributed by atoms with E-state index >= 15 is 0 Å². The Bertz CT molecular complexity index is 424. The molecule has 1 aromatic carbocycles. The standard InChI is InChI=1S/C14H18O3/c1-3-6-16-14-9-13-11(5-4-7-17-13)8-12(14)10(2)15/h8-9H,3-7H2,1-2H3. The van der Waals surface area contributed by atoms with Crippen molar-refractivity contribution in [3.05, 3.63) is 23.3 Å². The van der Waals surface area contributed by atoms with Crippen molar-refractivity contribution in [1.82, 2.24) is 0 Å². The normalized spacial score (nSPS) is 13.8. The highest BCUT2D eigenvalue weighted by Gasteiger charge is 2.17. The Morgan fingerprint density at radius 3 is 3.00 bits per heavy atom. The Kier molecular flexibility index (Phi) is 3.67. The van der Waals surface area contributed by atoms with Crippen LogP contribution in [0.2, 0.25) is 0 Å². The van der Waals surface area contributed by atoms with Crippen molar-refractivity contribution < 1.29 is 14.3 Å². The number of ketones is 1. The number of benzene rings is 1. The van der Waals surface area contributed by atoms with Crippen LogP contribution in [0.5, 0.6) is 11.5 Å². The van der Waals surface area contributed by atoms with Gasteiger partial charge in [-0.15, -0.1) is 0 Å². The fourth-order valence-electron chi connectivity index (χ4n) is 1.99. The van der Waals surface area contributed by atoms with Gasteiger partial charge >= 0.3 is 0 Å². The molecule has 1 aromatic rings. The average Bonchev–Trinajstić information content (AvgIpc) is 2.35. The van der Waals surface area contributed by atoms with E-state index in [4.69, 9.17) is 9.47 Å². The molecule has 0 saturated carbocycles. The Labute approximate surface area is 102 Å². The third kappa shape index (κ3) is 2.60. The van der Waals surface area contributed by atoms with Crippen LogP contribution in [0, 0.1) is 0 Å². The number of carbonyl (C=O) groups is 1. The number of Topliss-reactive ketones (excluding diaryl/α,β-unsaturated/α-hetero) is 1. The predicted octanol–water partition coefficient (Wildman–Crippen LogP) is 3.00. The zero-order valence-electron chi connectivity index (χ0n) is 10.4. The maximum atomic E-state index is 11.6. The fraction of sp³-hybridized carbons (Fsp3) is 0.500. The van der Waals surface area contributed by atoms with Gasteiger partial charge in [-0.1, -0.05) is 6.92 Å². The van der Waals surface area contributed by atoms with Crippen molar-refractivity contribution >= 4 is 5.78 Å². The number of rotatable bonds is 4. The van der Waals surface area contributed by atoms with E-state index in [1.54, 1.807) is 6.92 Å². The number of fused-ring (bicyclic) bond motifs is 1. The highest BCUT2D eigenvalue weighted by Crippen LogP contribution is 2.32. The Morgan fingerprint density at radius 2 is 2.29 bits per heavy atom. The second-order valence-electron chi connectivity index (χ2n) is 4.31. The maximum Gasteiger partial charge on any atom is 0.163 e. The summed E-state index contributed by atoms with van der Waals surface area (Å²) < 4.78 is 11.2. The molecule has 0 radical (unpaired) electrons. The lowest BCUT2D eigenvalue weighted by Gasteiger charge is -2.20. The first-order valence-corrected chi connectivity index (χ1v) is 6.16. The molecule has 0 bridgehead atoms. The van der Waals surface area contributed by atoms with Crippen molar-refractivity contribution in [1.29, 1.82) is 0 Å². The van der Waals surface area contributed by atoms with Gasteiger partial charge in [-0.05, 0) is 37.8 Å². The van der Waals surface area contributed by atoms with Crippen LogP contribution >= 0.6 is 0 Å².